The molecule has 0 saturated heterocycles. The van der Waals surface area contributed by atoms with Crippen molar-refractivity contribution in [3.63, 3.8) is 0 Å². The Bertz CT molecular complexity index is 336. The predicted octanol–water partition coefficient (Wildman–Crippen LogP) is 0.413. The van der Waals surface area contributed by atoms with Gasteiger partial charge in [-0.25, -0.2) is 9.59 Å². The van der Waals surface area contributed by atoms with Crippen LogP contribution in [-0.4, -0.2) is 17.0 Å². The molecule has 0 spiro atoms. The number of carboxylic acid groups (broad SMARTS) is 1. The van der Waals surface area contributed by atoms with Crippen LogP contribution in [-0.2, 0) is 24.3 Å². The molecule has 0 aliphatic carbocycles. The van der Waals surface area contributed by atoms with Crippen LogP contribution in [0.1, 0.15) is 20.7 Å². The predicted molar refractivity (Wildman–Crippen MR) is 43.0 cm³/mol. The molecule has 0 radical (unpaired) electrons. The minimum Gasteiger partial charge on any atom is -0.478 e. The molecule has 0 saturated carbocycles. The summed E-state index contributed by atoms with van der Waals surface area (Å²) in [6.45, 7) is 0. The van der Waals surface area contributed by atoms with E-state index < -0.39 is 11.9 Å². The third kappa shape index (κ3) is 2.90. The molecule has 1 aromatic rings. The summed E-state index contributed by atoms with van der Waals surface area (Å²) in [4.78, 5) is 25.2. The molecule has 0 unspecified atom stereocenters. The average molecular weight is 282 g/mol. The van der Waals surface area contributed by atoms with Crippen LogP contribution in [0, 0.1) is 0 Å². The third-order valence-electron chi connectivity index (χ3n) is 1.47. The smallest absolute Gasteiger partial charge is 0.356 e. The van der Waals surface area contributed by atoms with E-state index in [2.05, 4.69) is 10.7 Å². The third-order valence-corrected chi connectivity index (χ3v) is 1.47. The Labute approximate surface area is 92.6 Å². The van der Waals surface area contributed by atoms with Crippen LogP contribution in [0.4, 0.5) is 0 Å². The van der Waals surface area contributed by atoms with Gasteiger partial charge in [0.05, 0.1) is 11.1 Å². The van der Waals surface area contributed by atoms with Crippen molar-refractivity contribution < 1.29 is 39.0 Å². The summed E-state index contributed by atoms with van der Waals surface area (Å²) in [6.07, 6.45) is 0. The number of hydrogen-bond acceptors (Lipinski definition) is 4. The van der Waals surface area contributed by atoms with Crippen LogP contribution in [0.25, 0.3) is 0 Å². The number of aromatic carboxylic acids is 1. The molecule has 0 aromatic heterocycles. The van der Waals surface area contributed by atoms with E-state index in [1.165, 1.54) is 24.3 Å². The van der Waals surface area contributed by atoms with E-state index in [-0.39, 0.29) is 30.6 Å². The van der Waals surface area contributed by atoms with Crippen molar-refractivity contribution in [2.75, 3.05) is 0 Å². The molecule has 0 heterocycles. The van der Waals surface area contributed by atoms with Gasteiger partial charge < -0.3 is 9.94 Å². The normalized spacial score (nSPS) is 8.64. The van der Waals surface area contributed by atoms with E-state index in [0.717, 1.165) is 0 Å². The molecule has 1 aromatic carbocycles. The summed E-state index contributed by atoms with van der Waals surface area (Å²) in [6, 6.07) is 5.26. The second-order valence-electron chi connectivity index (χ2n) is 2.29. The van der Waals surface area contributed by atoms with Gasteiger partial charge >= 0.3 is 11.9 Å². The van der Waals surface area contributed by atoms with Gasteiger partial charge in [-0.1, -0.05) is 0 Å². The van der Waals surface area contributed by atoms with Crippen LogP contribution >= 0.6 is 0 Å². The van der Waals surface area contributed by atoms with Gasteiger partial charge in [-0.05, 0) is 24.3 Å². The van der Waals surface area contributed by atoms with Crippen LogP contribution in [0.15, 0.2) is 24.3 Å². The van der Waals surface area contributed by atoms with E-state index in [0.29, 0.717) is 0 Å². The maximum atomic E-state index is 10.8. The minimum atomic E-state index is -1.05. The van der Waals surface area contributed by atoms with Crippen molar-refractivity contribution in [2.24, 2.45) is 5.90 Å². The average Bonchev–Trinajstić information content (AvgIpc) is 2.17. The molecule has 0 bridgehead atoms. The van der Waals surface area contributed by atoms with Gasteiger partial charge in [0.1, 0.15) is 0 Å². The summed E-state index contributed by atoms with van der Waals surface area (Å²) in [5.41, 5.74) is 0.320. The first kappa shape index (κ1) is 12.7. The zero-order valence-corrected chi connectivity index (χ0v) is 8.65. The van der Waals surface area contributed by atoms with Gasteiger partial charge in [-0.2, -0.15) is 5.90 Å². The maximum Gasteiger partial charge on any atom is 0.356 e. The van der Waals surface area contributed by atoms with Crippen molar-refractivity contribution >= 4 is 11.9 Å². The van der Waals surface area contributed by atoms with Crippen molar-refractivity contribution in [2.45, 2.75) is 0 Å². The monoisotopic (exact) mass is 283 g/mol. The van der Waals surface area contributed by atoms with E-state index in [4.69, 9.17) is 5.11 Å². The number of rotatable bonds is 2. The topological polar surface area (TPSA) is 89.6 Å². The zero-order chi connectivity index (χ0) is 9.84. The number of benzene rings is 1. The van der Waals surface area contributed by atoms with E-state index in [9.17, 15) is 9.59 Å². The Morgan fingerprint density at radius 2 is 1.57 bits per heavy atom. The number of carbonyl (C=O) groups is 2. The van der Waals surface area contributed by atoms with E-state index >= 15 is 0 Å². The molecule has 0 atom stereocenters. The van der Waals surface area contributed by atoms with Crippen LogP contribution in [0.5, 0.6) is 0 Å². The molecule has 1 rings (SSSR count). The van der Waals surface area contributed by atoms with Crippen molar-refractivity contribution in [1.29, 1.82) is 0 Å². The number of carboxylic acids is 1. The molecule has 14 heavy (non-hydrogen) atoms. The van der Waals surface area contributed by atoms with Gasteiger partial charge in [0.15, 0.2) is 0 Å². The standard InChI is InChI=1S/C8H7NO4.Ru/c9-13-8(12)6-3-1-5(2-4-6)7(10)11;/h1-4H,9H2,(H,10,11);. The molecule has 0 fully saturated rings. The Hall–Kier alpha value is -1.26. The van der Waals surface area contributed by atoms with Crippen molar-refractivity contribution in [3.8, 4) is 0 Å². The van der Waals surface area contributed by atoms with Gasteiger partial charge in [0.2, 0.25) is 0 Å². The first-order chi connectivity index (χ1) is 6.15. The fourth-order valence-corrected chi connectivity index (χ4v) is 0.817. The van der Waals surface area contributed by atoms with Gasteiger partial charge in [-0.3, -0.25) is 0 Å². The summed E-state index contributed by atoms with van der Waals surface area (Å²) in [5, 5.41) is 8.53. The number of carbonyl (C=O) groups excluding carboxylic acids is 1. The molecule has 0 amide bonds. The Morgan fingerprint density at radius 3 is 1.93 bits per heavy atom. The molecular formula is C8H7NO4Ru. The van der Waals surface area contributed by atoms with Crippen LogP contribution in [0.3, 0.4) is 0 Å². The number of nitrogens with two attached hydrogens (primary N) is 1. The second-order valence-corrected chi connectivity index (χ2v) is 2.29. The zero-order valence-electron chi connectivity index (χ0n) is 6.91. The van der Waals surface area contributed by atoms with Gasteiger partial charge in [-0.15, -0.1) is 0 Å². The minimum absolute atomic E-state index is 0. The summed E-state index contributed by atoms with van der Waals surface area (Å²) in [5.74, 6) is 2.89. The first-order valence-electron chi connectivity index (χ1n) is 3.39. The van der Waals surface area contributed by atoms with E-state index in [1.54, 1.807) is 0 Å². The number of hydrogen-bond donors (Lipinski definition) is 2. The van der Waals surface area contributed by atoms with Gasteiger partial charge in [0.25, 0.3) is 0 Å². The second kappa shape index (κ2) is 5.47. The van der Waals surface area contributed by atoms with E-state index in [1.807, 2.05) is 0 Å². The Morgan fingerprint density at radius 1 is 1.14 bits per heavy atom. The van der Waals surface area contributed by atoms with Crippen molar-refractivity contribution in [3.05, 3.63) is 35.4 Å². The fourth-order valence-electron chi connectivity index (χ4n) is 0.817. The maximum absolute atomic E-state index is 10.8. The molecule has 0 aliphatic rings. The molecule has 3 N–H and O–H groups in total. The summed E-state index contributed by atoms with van der Waals surface area (Å²) >= 11 is 0. The molecule has 0 aliphatic heterocycles. The Kier molecular flexibility index (Phi) is 4.98. The molecule has 5 nitrogen and oxygen atoms in total. The SMILES string of the molecule is NOC(=O)c1ccc(C(=O)O)cc1.[Ru]. The molecule has 76 valence electrons. The van der Waals surface area contributed by atoms with Crippen molar-refractivity contribution in [1.82, 2.24) is 0 Å². The summed E-state index contributed by atoms with van der Waals surface area (Å²) < 4.78 is 0. The van der Waals surface area contributed by atoms with Crippen LogP contribution in [0.2, 0.25) is 0 Å². The fraction of sp³-hybridized carbons (Fsp3) is 0. The first-order valence-corrected chi connectivity index (χ1v) is 3.39. The quantitative estimate of drug-likeness (QED) is 0.606. The Balaban J connectivity index is 0.00000169. The molecular weight excluding hydrogens is 275 g/mol. The largest absolute Gasteiger partial charge is 0.478 e. The summed E-state index contributed by atoms with van der Waals surface area (Å²) in [7, 11) is 0. The molecule has 6 heteroatoms. The van der Waals surface area contributed by atoms with Gasteiger partial charge in [0, 0.05) is 19.5 Å². The van der Waals surface area contributed by atoms with Crippen LogP contribution < -0.4 is 5.90 Å².